The highest BCUT2D eigenvalue weighted by Crippen LogP contribution is 2.35. The number of ether oxygens (including phenoxy) is 1. The lowest BCUT2D eigenvalue weighted by Crippen LogP contribution is -2.33. The highest BCUT2D eigenvalue weighted by Gasteiger charge is 2.34. The molecule has 0 atom stereocenters. The summed E-state index contributed by atoms with van der Waals surface area (Å²) >= 11 is 0. The number of hydrogen-bond acceptors (Lipinski definition) is 4. The Morgan fingerprint density at radius 2 is 1.83 bits per heavy atom. The van der Waals surface area contributed by atoms with Gasteiger partial charge in [0.1, 0.15) is 5.75 Å². The number of nitrogens with one attached hydrogen (secondary N) is 1. The minimum Gasteiger partial charge on any atom is -0.484 e. The molecule has 1 saturated heterocycles. The molecular weight excluding hydrogens is 467 g/mol. The van der Waals surface area contributed by atoms with Gasteiger partial charge < -0.3 is 10.1 Å². The minimum absolute atomic E-state index is 0.0938. The number of pyridine rings is 1. The number of amides is 1. The maximum atomic E-state index is 13.8. The number of carbonyl (C=O) groups is 1. The van der Waals surface area contributed by atoms with Crippen LogP contribution in [0.15, 0.2) is 67.0 Å². The van der Waals surface area contributed by atoms with E-state index in [1.54, 1.807) is 24.5 Å². The Balaban J connectivity index is 1.35. The largest absolute Gasteiger partial charge is 0.484 e. The molecule has 1 N–H and O–H groups in total. The smallest absolute Gasteiger partial charge is 0.416 e. The van der Waals surface area contributed by atoms with Crippen molar-refractivity contribution in [3.05, 3.63) is 78.1 Å². The summed E-state index contributed by atoms with van der Waals surface area (Å²) in [6, 6.07) is 14.9. The highest BCUT2D eigenvalue weighted by atomic mass is 19.4. The van der Waals surface area contributed by atoms with E-state index >= 15 is 0 Å². The van der Waals surface area contributed by atoms with Crippen molar-refractivity contribution in [1.29, 1.82) is 0 Å². The summed E-state index contributed by atoms with van der Waals surface area (Å²) < 4.78 is 46.9. The molecule has 1 amide bonds. The van der Waals surface area contributed by atoms with Gasteiger partial charge in [-0.2, -0.15) is 13.2 Å². The van der Waals surface area contributed by atoms with E-state index in [2.05, 4.69) is 22.1 Å². The first-order chi connectivity index (χ1) is 17.3. The first kappa shape index (κ1) is 25.7. The van der Waals surface area contributed by atoms with Crippen molar-refractivity contribution in [2.24, 2.45) is 5.92 Å². The van der Waals surface area contributed by atoms with E-state index in [-0.39, 0.29) is 24.4 Å². The Morgan fingerprint density at radius 1 is 1.08 bits per heavy atom. The Morgan fingerprint density at radius 3 is 2.47 bits per heavy atom. The number of nitrogens with zero attached hydrogens (tertiary/aromatic N) is 2. The lowest BCUT2D eigenvalue weighted by atomic mass is 9.94. The third-order valence-electron chi connectivity index (χ3n) is 6.60. The van der Waals surface area contributed by atoms with Crippen LogP contribution in [0.5, 0.6) is 5.75 Å². The topological polar surface area (TPSA) is 54.5 Å². The highest BCUT2D eigenvalue weighted by molar-refractivity contribution is 5.92. The summed E-state index contributed by atoms with van der Waals surface area (Å²) in [5.74, 6) is 0.604. The van der Waals surface area contributed by atoms with Crippen LogP contribution in [0, 0.1) is 5.92 Å². The molecule has 3 aromatic rings. The number of benzene rings is 2. The van der Waals surface area contributed by atoms with Crippen molar-refractivity contribution in [3.8, 4) is 16.9 Å². The summed E-state index contributed by atoms with van der Waals surface area (Å²) in [7, 11) is 0. The lowest BCUT2D eigenvalue weighted by molar-refractivity contribution is -0.138. The van der Waals surface area contributed by atoms with Gasteiger partial charge in [0, 0.05) is 24.6 Å². The van der Waals surface area contributed by atoms with E-state index in [1.165, 1.54) is 12.1 Å². The van der Waals surface area contributed by atoms with Crippen LogP contribution in [0.4, 0.5) is 18.9 Å². The molecule has 2 heterocycles. The molecule has 1 aliphatic heterocycles. The number of alkyl halides is 3. The van der Waals surface area contributed by atoms with Crippen LogP contribution >= 0.6 is 0 Å². The summed E-state index contributed by atoms with van der Waals surface area (Å²) in [5, 5.41) is 2.52. The monoisotopic (exact) mass is 497 g/mol. The first-order valence-corrected chi connectivity index (χ1v) is 12.2. The van der Waals surface area contributed by atoms with Gasteiger partial charge in [-0.3, -0.25) is 14.7 Å². The third-order valence-corrected chi connectivity index (χ3v) is 6.60. The third kappa shape index (κ3) is 6.85. The minimum atomic E-state index is -4.51. The fourth-order valence-electron chi connectivity index (χ4n) is 4.47. The van der Waals surface area contributed by atoms with Gasteiger partial charge in [-0.1, -0.05) is 37.6 Å². The van der Waals surface area contributed by atoms with E-state index in [9.17, 15) is 18.0 Å². The standard InChI is InChI=1S/C28H30F3N3O2/c1-2-20-11-14-34(15-12-20)18-23-5-8-24(16-26(23)28(29,30)31)33-27(35)19-36-25-9-6-21(7-10-25)22-4-3-13-32-17-22/h3-10,13,16-17,20H,2,11-12,14-15,18-19H2,1H3,(H,33,35). The Kier molecular flexibility index (Phi) is 8.25. The number of aromatic nitrogens is 1. The average molecular weight is 498 g/mol. The average Bonchev–Trinajstić information content (AvgIpc) is 2.89. The van der Waals surface area contributed by atoms with E-state index < -0.39 is 17.6 Å². The van der Waals surface area contributed by atoms with E-state index in [0.29, 0.717) is 11.7 Å². The SMILES string of the molecule is CCC1CCN(Cc2ccc(NC(=O)COc3ccc(-c4cccnc4)cc3)cc2C(F)(F)F)CC1. The van der Waals surface area contributed by atoms with Gasteiger partial charge in [0.25, 0.3) is 5.91 Å². The van der Waals surface area contributed by atoms with Crippen molar-refractivity contribution in [2.45, 2.75) is 38.9 Å². The molecule has 1 aromatic heterocycles. The van der Waals surface area contributed by atoms with Crippen molar-refractivity contribution in [2.75, 3.05) is 25.0 Å². The predicted octanol–water partition coefficient (Wildman–Crippen LogP) is 6.41. The van der Waals surface area contributed by atoms with Crippen LogP contribution in [-0.4, -0.2) is 35.5 Å². The number of hydrogen-bond donors (Lipinski definition) is 1. The zero-order valence-electron chi connectivity index (χ0n) is 20.2. The second kappa shape index (κ2) is 11.6. The lowest BCUT2D eigenvalue weighted by Gasteiger charge is -2.32. The molecule has 0 unspecified atom stereocenters. The molecule has 1 fully saturated rings. The fraction of sp³-hybridized carbons (Fsp3) is 0.357. The van der Waals surface area contributed by atoms with Crippen LogP contribution in [0.3, 0.4) is 0 Å². The van der Waals surface area contributed by atoms with Gasteiger partial charge in [0.05, 0.1) is 5.56 Å². The van der Waals surface area contributed by atoms with Crippen LogP contribution in [-0.2, 0) is 17.5 Å². The Labute approximate surface area is 209 Å². The molecule has 8 heteroatoms. The van der Waals surface area contributed by atoms with Gasteiger partial charge in [-0.05, 0) is 78.9 Å². The molecule has 5 nitrogen and oxygen atoms in total. The first-order valence-electron chi connectivity index (χ1n) is 12.2. The summed E-state index contributed by atoms with van der Waals surface area (Å²) in [5.41, 5.74) is 1.51. The van der Waals surface area contributed by atoms with Crippen LogP contribution in [0.25, 0.3) is 11.1 Å². The van der Waals surface area contributed by atoms with Crippen molar-refractivity contribution in [3.63, 3.8) is 0 Å². The van der Waals surface area contributed by atoms with Gasteiger partial charge in [0.2, 0.25) is 0 Å². The fourth-order valence-corrected chi connectivity index (χ4v) is 4.47. The maximum Gasteiger partial charge on any atom is 0.416 e. The van der Waals surface area contributed by atoms with Crippen molar-refractivity contribution < 1.29 is 22.7 Å². The molecular formula is C28H30F3N3O2. The number of rotatable bonds is 8. The summed E-state index contributed by atoms with van der Waals surface area (Å²) in [6.45, 7) is 3.68. The zero-order valence-corrected chi connectivity index (χ0v) is 20.2. The summed E-state index contributed by atoms with van der Waals surface area (Å²) in [6.07, 6.45) is 2.07. The molecule has 2 aromatic carbocycles. The molecule has 4 rings (SSSR count). The van der Waals surface area contributed by atoms with E-state index in [4.69, 9.17) is 4.74 Å². The maximum absolute atomic E-state index is 13.8. The molecule has 1 aliphatic rings. The number of carbonyl (C=O) groups excluding carboxylic acids is 1. The normalized spacial score (nSPS) is 15.0. The van der Waals surface area contributed by atoms with Gasteiger partial charge in [-0.15, -0.1) is 0 Å². The zero-order chi connectivity index (χ0) is 25.5. The molecule has 0 radical (unpaired) electrons. The van der Waals surface area contributed by atoms with Crippen molar-refractivity contribution >= 4 is 11.6 Å². The molecule has 190 valence electrons. The van der Waals surface area contributed by atoms with Gasteiger partial charge >= 0.3 is 6.18 Å². The van der Waals surface area contributed by atoms with Crippen LogP contribution in [0.2, 0.25) is 0 Å². The summed E-state index contributed by atoms with van der Waals surface area (Å²) in [4.78, 5) is 18.5. The van der Waals surface area contributed by atoms with Gasteiger partial charge in [-0.25, -0.2) is 0 Å². The Bertz CT molecular complexity index is 1140. The molecule has 0 bridgehead atoms. The quantitative estimate of drug-likeness (QED) is 0.391. The number of likely N-dealkylation sites (tertiary alicyclic amines) is 1. The molecule has 0 spiro atoms. The predicted molar refractivity (Wildman–Crippen MR) is 134 cm³/mol. The second-order valence-corrected chi connectivity index (χ2v) is 9.10. The number of halogens is 3. The Hall–Kier alpha value is -3.39. The van der Waals surface area contributed by atoms with E-state index in [1.807, 2.05) is 24.3 Å². The number of piperidine rings is 1. The van der Waals surface area contributed by atoms with E-state index in [0.717, 1.165) is 49.5 Å². The van der Waals surface area contributed by atoms with Crippen molar-refractivity contribution in [1.82, 2.24) is 9.88 Å². The van der Waals surface area contributed by atoms with Crippen LogP contribution < -0.4 is 10.1 Å². The molecule has 0 aliphatic carbocycles. The van der Waals surface area contributed by atoms with Gasteiger partial charge in [0.15, 0.2) is 6.61 Å². The number of anilines is 1. The second-order valence-electron chi connectivity index (χ2n) is 9.10. The van der Waals surface area contributed by atoms with Crippen LogP contribution in [0.1, 0.15) is 37.3 Å². The molecule has 36 heavy (non-hydrogen) atoms. The molecule has 0 saturated carbocycles.